The maximum Gasteiger partial charge on any atom is 0.254 e. The van der Waals surface area contributed by atoms with Crippen molar-refractivity contribution in [1.29, 1.82) is 0 Å². The molecule has 0 aliphatic heterocycles. The van der Waals surface area contributed by atoms with E-state index in [-0.39, 0.29) is 12.0 Å². The first-order valence-corrected chi connectivity index (χ1v) is 8.36. The van der Waals surface area contributed by atoms with Gasteiger partial charge >= 0.3 is 0 Å². The van der Waals surface area contributed by atoms with Crippen LogP contribution < -0.4 is 10.1 Å². The third kappa shape index (κ3) is 4.24. The summed E-state index contributed by atoms with van der Waals surface area (Å²) in [5.41, 5.74) is 1.46. The van der Waals surface area contributed by atoms with E-state index in [1.807, 2.05) is 30.5 Å². The molecule has 0 radical (unpaired) electrons. The second kappa shape index (κ2) is 8.55. The van der Waals surface area contributed by atoms with Gasteiger partial charge in [0, 0.05) is 25.4 Å². The molecular formula is C17H20N2O3S. The number of amides is 1. The molecule has 1 heterocycles. The van der Waals surface area contributed by atoms with Crippen LogP contribution in [0.3, 0.4) is 0 Å². The van der Waals surface area contributed by atoms with Crippen LogP contribution in [0.5, 0.6) is 5.75 Å². The first-order chi connectivity index (χ1) is 11.2. The maximum absolute atomic E-state index is 12.4. The van der Waals surface area contributed by atoms with Crippen molar-refractivity contribution in [3.63, 3.8) is 0 Å². The molecule has 122 valence electrons. The lowest BCUT2D eigenvalue weighted by Gasteiger charge is -2.19. The van der Waals surface area contributed by atoms with Crippen molar-refractivity contribution in [1.82, 2.24) is 10.3 Å². The van der Waals surface area contributed by atoms with Crippen LogP contribution in [0.4, 0.5) is 0 Å². The number of para-hydroxylation sites is 1. The fourth-order valence-corrected chi connectivity index (χ4v) is 2.81. The molecule has 0 fully saturated rings. The SMILES string of the molecule is COc1ccccc1C(CNC(=O)c1cccnc1SC)OC. The van der Waals surface area contributed by atoms with Crippen molar-refractivity contribution < 1.29 is 14.3 Å². The molecule has 0 aliphatic carbocycles. The Bertz CT molecular complexity index is 664. The van der Waals surface area contributed by atoms with Gasteiger partial charge in [-0.15, -0.1) is 11.8 Å². The Balaban J connectivity index is 2.10. The zero-order valence-corrected chi connectivity index (χ0v) is 14.2. The standard InChI is InChI=1S/C17H20N2O3S/c1-21-14-9-5-4-7-12(14)15(22-2)11-19-16(20)13-8-6-10-18-17(13)23-3/h4-10,15H,11H2,1-3H3,(H,19,20). The monoisotopic (exact) mass is 332 g/mol. The van der Waals surface area contributed by atoms with Crippen LogP contribution in [0.1, 0.15) is 22.0 Å². The Hall–Kier alpha value is -2.05. The number of rotatable bonds is 7. The average molecular weight is 332 g/mol. The van der Waals surface area contributed by atoms with Gasteiger partial charge in [0.1, 0.15) is 16.9 Å². The number of thioether (sulfide) groups is 1. The van der Waals surface area contributed by atoms with Gasteiger partial charge in [0.15, 0.2) is 0 Å². The molecular weight excluding hydrogens is 312 g/mol. The van der Waals surface area contributed by atoms with E-state index in [0.29, 0.717) is 17.1 Å². The van der Waals surface area contributed by atoms with Gasteiger partial charge in [-0.25, -0.2) is 4.98 Å². The van der Waals surface area contributed by atoms with E-state index in [4.69, 9.17) is 9.47 Å². The van der Waals surface area contributed by atoms with Gasteiger partial charge in [-0.05, 0) is 24.5 Å². The highest BCUT2D eigenvalue weighted by molar-refractivity contribution is 7.98. The molecule has 1 aromatic carbocycles. The fraction of sp³-hybridized carbons (Fsp3) is 0.294. The predicted molar refractivity (Wildman–Crippen MR) is 91.1 cm³/mol. The van der Waals surface area contributed by atoms with Crippen LogP contribution >= 0.6 is 11.8 Å². The van der Waals surface area contributed by atoms with Gasteiger partial charge in [-0.2, -0.15) is 0 Å². The first-order valence-electron chi connectivity index (χ1n) is 7.14. The van der Waals surface area contributed by atoms with Crippen molar-refractivity contribution in [2.24, 2.45) is 0 Å². The molecule has 23 heavy (non-hydrogen) atoms. The van der Waals surface area contributed by atoms with Gasteiger partial charge in [0.2, 0.25) is 0 Å². The molecule has 1 aromatic heterocycles. The predicted octanol–water partition coefficient (Wildman–Crippen LogP) is 2.93. The summed E-state index contributed by atoms with van der Waals surface area (Å²) in [4.78, 5) is 16.6. The first kappa shape index (κ1) is 17.3. The lowest BCUT2D eigenvalue weighted by molar-refractivity contribution is 0.0816. The van der Waals surface area contributed by atoms with E-state index in [0.717, 1.165) is 11.3 Å². The molecule has 2 rings (SSSR count). The van der Waals surface area contributed by atoms with Crippen LogP contribution in [-0.2, 0) is 4.74 Å². The average Bonchev–Trinajstić information content (AvgIpc) is 2.62. The van der Waals surface area contributed by atoms with Crippen molar-refractivity contribution in [3.8, 4) is 5.75 Å². The molecule has 1 atom stereocenters. The molecule has 6 heteroatoms. The highest BCUT2D eigenvalue weighted by Gasteiger charge is 2.18. The summed E-state index contributed by atoms with van der Waals surface area (Å²) < 4.78 is 10.9. The summed E-state index contributed by atoms with van der Waals surface area (Å²) in [5.74, 6) is 0.569. The Morgan fingerprint density at radius 1 is 1.26 bits per heavy atom. The highest BCUT2D eigenvalue weighted by atomic mass is 32.2. The Morgan fingerprint density at radius 3 is 2.74 bits per heavy atom. The van der Waals surface area contributed by atoms with E-state index in [2.05, 4.69) is 10.3 Å². The lowest BCUT2D eigenvalue weighted by atomic mass is 10.1. The maximum atomic E-state index is 12.4. The normalized spacial score (nSPS) is 11.8. The van der Waals surface area contributed by atoms with Gasteiger partial charge in [0.05, 0.1) is 12.7 Å². The summed E-state index contributed by atoms with van der Waals surface area (Å²) in [6, 6.07) is 11.1. The molecule has 1 amide bonds. The minimum atomic E-state index is -0.287. The largest absolute Gasteiger partial charge is 0.496 e. The van der Waals surface area contributed by atoms with E-state index in [1.54, 1.807) is 32.5 Å². The molecule has 1 N–H and O–H groups in total. The van der Waals surface area contributed by atoms with Crippen molar-refractivity contribution in [2.75, 3.05) is 27.0 Å². The molecule has 0 bridgehead atoms. The van der Waals surface area contributed by atoms with E-state index < -0.39 is 0 Å². The number of hydrogen-bond donors (Lipinski definition) is 1. The van der Waals surface area contributed by atoms with Gasteiger partial charge in [-0.3, -0.25) is 4.79 Å². The molecule has 0 saturated heterocycles. The van der Waals surface area contributed by atoms with E-state index >= 15 is 0 Å². The third-order valence-corrected chi connectivity index (χ3v) is 4.14. The van der Waals surface area contributed by atoms with Crippen LogP contribution in [-0.4, -0.2) is 37.9 Å². The highest BCUT2D eigenvalue weighted by Crippen LogP contribution is 2.26. The Kier molecular flexibility index (Phi) is 6.43. The summed E-state index contributed by atoms with van der Waals surface area (Å²) in [6.45, 7) is 0.346. The number of ether oxygens (including phenoxy) is 2. The second-order valence-electron chi connectivity index (χ2n) is 4.74. The fourth-order valence-electron chi connectivity index (χ4n) is 2.26. The number of carbonyl (C=O) groups excluding carboxylic acids is 1. The van der Waals surface area contributed by atoms with Crippen LogP contribution in [0.15, 0.2) is 47.6 Å². The number of nitrogens with zero attached hydrogens (tertiary/aromatic N) is 1. The zero-order chi connectivity index (χ0) is 16.7. The molecule has 1 unspecified atom stereocenters. The number of hydrogen-bond acceptors (Lipinski definition) is 5. The van der Waals surface area contributed by atoms with Crippen LogP contribution in [0.25, 0.3) is 0 Å². The molecule has 0 saturated carbocycles. The van der Waals surface area contributed by atoms with Gasteiger partial charge in [-0.1, -0.05) is 18.2 Å². The van der Waals surface area contributed by atoms with Crippen molar-refractivity contribution in [3.05, 3.63) is 53.7 Å². The third-order valence-electron chi connectivity index (χ3n) is 3.43. The number of benzene rings is 1. The lowest BCUT2D eigenvalue weighted by Crippen LogP contribution is -2.29. The minimum absolute atomic E-state index is 0.167. The van der Waals surface area contributed by atoms with E-state index in [9.17, 15) is 4.79 Å². The van der Waals surface area contributed by atoms with Crippen LogP contribution in [0.2, 0.25) is 0 Å². The summed E-state index contributed by atoms with van der Waals surface area (Å²) in [6.07, 6.45) is 3.28. The van der Waals surface area contributed by atoms with Gasteiger partial charge in [0.25, 0.3) is 5.91 Å². The quantitative estimate of drug-likeness (QED) is 0.790. The number of pyridine rings is 1. The molecule has 0 aliphatic rings. The van der Waals surface area contributed by atoms with Gasteiger partial charge < -0.3 is 14.8 Å². The zero-order valence-electron chi connectivity index (χ0n) is 13.4. The smallest absolute Gasteiger partial charge is 0.254 e. The minimum Gasteiger partial charge on any atom is -0.496 e. The van der Waals surface area contributed by atoms with Crippen molar-refractivity contribution in [2.45, 2.75) is 11.1 Å². The summed E-state index contributed by atoms with van der Waals surface area (Å²) in [7, 11) is 3.23. The number of carbonyl (C=O) groups is 1. The summed E-state index contributed by atoms with van der Waals surface area (Å²) >= 11 is 1.44. The Morgan fingerprint density at radius 2 is 2.04 bits per heavy atom. The molecule has 2 aromatic rings. The topological polar surface area (TPSA) is 60.5 Å². The Labute approximate surface area is 140 Å². The number of aromatic nitrogens is 1. The summed E-state index contributed by atoms with van der Waals surface area (Å²) in [5, 5.41) is 3.61. The number of nitrogens with one attached hydrogen (secondary N) is 1. The molecule has 5 nitrogen and oxygen atoms in total. The van der Waals surface area contributed by atoms with Crippen molar-refractivity contribution >= 4 is 17.7 Å². The molecule has 0 spiro atoms. The second-order valence-corrected chi connectivity index (χ2v) is 5.53. The van der Waals surface area contributed by atoms with E-state index in [1.165, 1.54) is 11.8 Å². The van der Waals surface area contributed by atoms with Crippen LogP contribution in [0, 0.1) is 0 Å². The number of methoxy groups -OCH3 is 2.